The van der Waals surface area contributed by atoms with E-state index in [9.17, 15) is 0 Å². The van der Waals surface area contributed by atoms with Crippen molar-refractivity contribution in [1.82, 2.24) is 9.97 Å². The molecule has 1 fully saturated rings. The summed E-state index contributed by atoms with van der Waals surface area (Å²) in [6, 6.07) is 0.637. The molecule has 0 radical (unpaired) electrons. The Hall–Kier alpha value is -0.680. The van der Waals surface area contributed by atoms with Gasteiger partial charge in [-0.1, -0.05) is 0 Å². The van der Waals surface area contributed by atoms with Crippen molar-refractivity contribution in [2.75, 3.05) is 18.0 Å². The topological polar surface area (TPSA) is 55.0 Å². The van der Waals surface area contributed by atoms with E-state index in [0.29, 0.717) is 6.04 Å². The zero-order valence-electron chi connectivity index (χ0n) is 8.56. The summed E-state index contributed by atoms with van der Waals surface area (Å²) in [6.45, 7) is 1.68. The highest BCUT2D eigenvalue weighted by molar-refractivity contribution is 9.10. The van der Waals surface area contributed by atoms with E-state index in [0.717, 1.165) is 29.9 Å². The smallest absolute Gasteiger partial charge is 0.225 e. The van der Waals surface area contributed by atoms with Crippen molar-refractivity contribution in [2.24, 2.45) is 5.73 Å². The van der Waals surface area contributed by atoms with Crippen LogP contribution in [0.2, 0.25) is 0 Å². The van der Waals surface area contributed by atoms with Gasteiger partial charge in [-0.05, 0) is 41.7 Å². The molecule has 0 spiro atoms. The van der Waals surface area contributed by atoms with Crippen LogP contribution >= 0.6 is 15.9 Å². The van der Waals surface area contributed by atoms with Crippen LogP contribution in [0, 0.1) is 0 Å². The highest BCUT2D eigenvalue weighted by atomic mass is 79.9. The third-order valence-electron chi connectivity index (χ3n) is 2.45. The molecule has 1 aromatic heterocycles. The van der Waals surface area contributed by atoms with E-state index >= 15 is 0 Å². The number of aromatic nitrogens is 2. The molecule has 1 aromatic rings. The molecule has 1 saturated carbocycles. The Labute approximate surface area is 98.0 Å². The lowest BCUT2D eigenvalue weighted by Crippen LogP contribution is -2.29. The van der Waals surface area contributed by atoms with Gasteiger partial charge in [-0.3, -0.25) is 0 Å². The molecule has 15 heavy (non-hydrogen) atoms. The molecule has 0 atom stereocenters. The lowest BCUT2D eigenvalue weighted by Gasteiger charge is -2.21. The van der Waals surface area contributed by atoms with E-state index in [1.54, 1.807) is 12.4 Å². The predicted molar refractivity (Wildman–Crippen MR) is 63.8 cm³/mol. The highest BCUT2D eigenvalue weighted by Gasteiger charge is 2.30. The normalized spacial score (nSPS) is 15.3. The quantitative estimate of drug-likeness (QED) is 0.883. The molecule has 0 aromatic carbocycles. The Morgan fingerprint density at radius 1 is 1.40 bits per heavy atom. The van der Waals surface area contributed by atoms with E-state index in [4.69, 9.17) is 5.73 Å². The largest absolute Gasteiger partial charge is 0.338 e. The predicted octanol–water partition coefficient (Wildman–Crippen LogP) is 1.56. The Morgan fingerprint density at radius 3 is 2.60 bits per heavy atom. The number of halogens is 1. The second-order valence-corrected chi connectivity index (χ2v) is 4.68. The summed E-state index contributed by atoms with van der Waals surface area (Å²) in [4.78, 5) is 10.9. The van der Waals surface area contributed by atoms with Crippen LogP contribution in [0.4, 0.5) is 5.95 Å². The van der Waals surface area contributed by atoms with Crippen molar-refractivity contribution < 1.29 is 0 Å². The average Bonchev–Trinajstić information content (AvgIpc) is 3.05. The first-order chi connectivity index (χ1) is 7.31. The maximum atomic E-state index is 5.52. The van der Waals surface area contributed by atoms with Gasteiger partial charge in [0.1, 0.15) is 0 Å². The molecule has 1 aliphatic carbocycles. The third kappa shape index (κ3) is 2.89. The maximum absolute atomic E-state index is 5.52. The van der Waals surface area contributed by atoms with Crippen LogP contribution in [0.25, 0.3) is 0 Å². The van der Waals surface area contributed by atoms with Crippen molar-refractivity contribution in [2.45, 2.75) is 25.3 Å². The second kappa shape index (κ2) is 4.90. The second-order valence-electron chi connectivity index (χ2n) is 3.77. The van der Waals surface area contributed by atoms with Crippen molar-refractivity contribution >= 4 is 21.9 Å². The monoisotopic (exact) mass is 270 g/mol. The van der Waals surface area contributed by atoms with Gasteiger partial charge in [-0.15, -0.1) is 0 Å². The van der Waals surface area contributed by atoms with Gasteiger partial charge in [0.15, 0.2) is 0 Å². The Kier molecular flexibility index (Phi) is 3.53. The molecule has 4 nitrogen and oxygen atoms in total. The summed E-state index contributed by atoms with van der Waals surface area (Å²) in [5, 5.41) is 0. The average molecular weight is 271 g/mol. The Morgan fingerprint density at radius 2 is 2.07 bits per heavy atom. The zero-order valence-corrected chi connectivity index (χ0v) is 10.2. The van der Waals surface area contributed by atoms with Crippen molar-refractivity contribution in [3.63, 3.8) is 0 Å². The van der Waals surface area contributed by atoms with Gasteiger partial charge in [0.05, 0.1) is 4.47 Å². The summed E-state index contributed by atoms with van der Waals surface area (Å²) < 4.78 is 0.917. The van der Waals surface area contributed by atoms with Crippen LogP contribution in [0.15, 0.2) is 16.9 Å². The molecular weight excluding hydrogens is 256 g/mol. The van der Waals surface area contributed by atoms with Crippen molar-refractivity contribution in [1.29, 1.82) is 0 Å². The van der Waals surface area contributed by atoms with Crippen LogP contribution in [-0.4, -0.2) is 29.1 Å². The fourth-order valence-electron chi connectivity index (χ4n) is 1.55. The zero-order chi connectivity index (χ0) is 10.7. The van der Waals surface area contributed by atoms with Crippen LogP contribution in [-0.2, 0) is 0 Å². The van der Waals surface area contributed by atoms with Crippen molar-refractivity contribution in [3.8, 4) is 0 Å². The molecule has 5 heteroatoms. The minimum Gasteiger partial charge on any atom is -0.338 e. The van der Waals surface area contributed by atoms with Gasteiger partial charge < -0.3 is 10.6 Å². The van der Waals surface area contributed by atoms with Gasteiger partial charge in [-0.25, -0.2) is 9.97 Å². The Balaban J connectivity index is 2.06. The number of hydrogen-bond donors (Lipinski definition) is 1. The SMILES string of the molecule is NCCCN(c1ncc(Br)cn1)C1CC1. The Bertz CT molecular complexity index is 310. The first-order valence-corrected chi connectivity index (χ1v) is 6.05. The minimum absolute atomic E-state index is 0.637. The number of anilines is 1. The molecular formula is C10H15BrN4. The summed E-state index contributed by atoms with van der Waals surface area (Å²) in [5.41, 5.74) is 5.52. The third-order valence-corrected chi connectivity index (χ3v) is 2.86. The molecule has 0 bridgehead atoms. The first-order valence-electron chi connectivity index (χ1n) is 5.25. The van der Waals surface area contributed by atoms with Gasteiger partial charge >= 0.3 is 0 Å². The molecule has 82 valence electrons. The molecule has 2 N–H and O–H groups in total. The van der Waals surface area contributed by atoms with Gasteiger partial charge in [0.25, 0.3) is 0 Å². The number of nitrogens with two attached hydrogens (primary N) is 1. The van der Waals surface area contributed by atoms with E-state index in [1.807, 2.05) is 0 Å². The number of hydrogen-bond acceptors (Lipinski definition) is 4. The number of nitrogens with zero attached hydrogens (tertiary/aromatic N) is 3. The van der Waals surface area contributed by atoms with Crippen LogP contribution in [0.5, 0.6) is 0 Å². The molecule has 1 aliphatic rings. The van der Waals surface area contributed by atoms with E-state index < -0.39 is 0 Å². The minimum atomic E-state index is 0.637. The van der Waals surface area contributed by atoms with E-state index in [2.05, 4.69) is 30.8 Å². The summed E-state index contributed by atoms with van der Waals surface area (Å²) >= 11 is 3.34. The lowest BCUT2D eigenvalue weighted by atomic mass is 10.4. The van der Waals surface area contributed by atoms with Crippen LogP contribution in [0.1, 0.15) is 19.3 Å². The summed E-state index contributed by atoms with van der Waals surface area (Å²) in [7, 11) is 0. The first kappa shape index (κ1) is 10.8. The van der Waals surface area contributed by atoms with Crippen LogP contribution < -0.4 is 10.6 Å². The van der Waals surface area contributed by atoms with Crippen molar-refractivity contribution in [3.05, 3.63) is 16.9 Å². The summed E-state index contributed by atoms with van der Waals surface area (Å²) in [6.07, 6.45) is 7.09. The lowest BCUT2D eigenvalue weighted by molar-refractivity contribution is 0.710. The van der Waals surface area contributed by atoms with E-state index in [-0.39, 0.29) is 0 Å². The van der Waals surface area contributed by atoms with Crippen LogP contribution in [0.3, 0.4) is 0 Å². The van der Waals surface area contributed by atoms with Gasteiger partial charge in [0, 0.05) is 25.0 Å². The maximum Gasteiger partial charge on any atom is 0.225 e. The van der Waals surface area contributed by atoms with E-state index in [1.165, 1.54) is 12.8 Å². The standard InChI is InChI=1S/C10H15BrN4/c11-8-6-13-10(14-7-8)15(5-1-4-12)9-2-3-9/h6-7,9H,1-5,12H2. The fourth-order valence-corrected chi connectivity index (χ4v) is 1.75. The summed E-state index contributed by atoms with van der Waals surface area (Å²) in [5.74, 6) is 0.828. The molecule has 0 unspecified atom stereocenters. The number of rotatable bonds is 5. The molecule has 2 rings (SSSR count). The molecule has 0 saturated heterocycles. The van der Waals surface area contributed by atoms with Gasteiger partial charge in [-0.2, -0.15) is 0 Å². The highest BCUT2D eigenvalue weighted by Crippen LogP contribution is 2.29. The fraction of sp³-hybridized carbons (Fsp3) is 0.600. The molecule has 1 heterocycles. The molecule has 0 amide bonds. The van der Waals surface area contributed by atoms with Gasteiger partial charge in [0.2, 0.25) is 5.95 Å². The molecule has 0 aliphatic heterocycles.